The van der Waals surface area contributed by atoms with Crippen molar-refractivity contribution in [3.63, 3.8) is 0 Å². The van der Waals surface area contributed by atoms with Gasteiger partial charge >= 0.3 is 5.97 Å². The van der Waals surface area contributed by atoms with Crippen molar-refractivity contribution < 1.29 is 13.9 Å². The van der Waals surface area contributed by atoms with Gasteiger partial charge in [0.2, 0.25) is 5.89 Å². The summed E-state index contributed by atoms with van der Waals surface area (Å²) in [6.45, 7) is -0.0475. The van der Waals surface area contributed by atoms with Gasteiger partial charge in [-0.25, -0.2) is 9.78 Å². The van der Waals surface area contributed by atoms with Crippen LogP contribution in [0.1, 0.15) is 11.5 Å². The van der Waals surface area contributed by atoms with Gasteiger partial charge in [-0.1, -0.05) is 41.4 Å². The smallest absolute Gasteiger partial charge is 0.331 e. The maximum absolute atomic E-state index is 11.8. The second-order valence-electron chi connectivity index (χ2n) is 4.65. The molecule has 23 heavy (non-hydrogen) atoms. The van der Waals surface area contributed by atoms with E-state index >= 15 is 0 Å². The Balaban J connectivity index is 1.64. The fourth-order valence-electron chi connectivity index (χ4n) is 1.98. The fourth-order valence-corrected chi connectivity index (χ4v) is 2.51. The van der Waals surface area contributed by atoms with Gasteiger partial charge in [0.1, 0.15) is 5.52 Å². The van der Waals surface area contributed by atoms with Crippen molar-refractivity contribution in [3.05, 3.63) is 70.0 Å². The number of aromatic nitrogens is 1. The second-order valence-corrected chi connectivity index (χ2v) is 5.47. The quantitative estimate of drug-likeness (QED) is 0.498. The third-order valence-electron chi connectivity index (χ3n) is 3.06. The molecule has 0 saturated heterocycles. The van der Waals surface area contributed by atoms with Crippen molar-refractivity contribution >= 4 is 46.3 Å². The van der Waals surface area contributed by atoms with Gasteiger partial charge in [0.05, 0.1) is 0 Å². The first-order valence-corrected chi connectivity index (χ1v) is 7.52. The maximum Gasteiger partial charge on any atom is 0.331 e. The molecular weight excluding hydrogens is 337 g/mol. The van der Waals surface area contributed by atoms with Crippen molar-refractivity contribution in [2.24, 2.45) is 0 Å². The van der Waals surface area contributed by atoms with E-state index in [9.17, 15) is 4.79 Å². The molecule has 116 valence electrons. The molecule has 4 nitrogen and oxygen atoms in total. The number of benzene rings is 2. The first-order valence-electron chi connectivity index (χ1n) is 6.77. The molecule has 0 unspecified atom stereocenters. The summed E-state index contributed by atoms with van der Waals surface area (Å²) in [7, 11) is 0. The normalized spacial score (nSPS) is 11.2. The zero-order valence-electron chi connectivity index (χ0n) is 11.8. The molecule has 6 heteroatoms. The van der Waals surface area contributed by atoms with Crippen LogP contribution in [0.5, 0.6) is 0 Å². The third kappa shape index (κ3) is 3.73. The number of hydrogen-bond acceptors (Lipinski definition) is 4. The summed E-state index contributed by atoms with van der Waals surface area (Å²) in [4.78, 5) is 16.0. The highest BCUT2D eigenvalue weighted by atomic mass is 35.5. The van der Waals surface area contributed by atoms with Gasteiger partial charge in [0, 0.05) is 21.7 Å². The van der Waals surface area contributed by atoms with Gasteiger partial charge in [0.15, 0.2) is 12.2 Å². The van der Waals surface area contributed by atoms with E-state index in [1.165, 1.54) is 12.2 Å². The summed E-state index contributed by atoms with van der Waals surface area (Å²) in [5, 5.41) is 0.918. The summed E-state index contributed by atoms with van der Waals surface area (Å²) in [6.07, 6.45) is 2.77. The highest BCUT2D eigenvalue weighted by Crippen LogP contribution is 2.25. The summed E-state index contributed by atoms with van der Waals surface area (Å²) >= 11 is 12.0. The summed E-state index contributed by atoms with van der Waals surface area (Å²) in [6, 6.07) is 12.4. The topological polar surface area (TPSA) is 52.3 Å². The zero-order chi connectivity index (χ0) is 16.2. The highest BCUT2D eigenvalue weighted by molar-refractivity contribution is 6.37. The van der Waals surface area contributed by atoms with Crippen molar-refractivity contribution in [1.82, 2.24) is 4.98 Å². The van der Waals surface area contributed by atoms with Crippen molar-refractivity contribution in [2.45, 2.75) is 6.61 Å². The van der Waals surface area contributed by atoms with E-state index in [-0.39, 0.29) is 6.61 Å². The van der Waals surface area contributed by atoms with Gasteiger partial charge in [0.25, 0.3) is 0 Å². The maximum atomic E-state index is 11.8. The minimum Gasteiger partial charge on any atom is -0.453 e. The molecular formula is C17H11Cl2NO3. The van der Waals surface area contributed by atoms with E-state index in [0.717, 1.165) is 5.52 Å². The standard InChI is InChI=1S/C17H11Cl2NO3/c18-12-4-3-5-13(19)11(12)8-9-17(21)22-10-16-20-14-6-1-2-7-15(14)23-16/h1-9H,10H2/b9-8+. The Bertz CT molecular complexity index is 833. The number of esters is 1. The minimum absolute atomic E-state index is 0.0475. The van der Waals surface area contributed by atoms with E-state index in [1.807, 2.05) is 18.2 Å². The molecule has 0 aliphatic carbocycles. The number of nitrogens with zero attached hydrogens (tertiary/aromatic N) is 1. The largest absolute Gasteiger partial charge is 0.453 e. The van der Waals surface area contributed by atoms with Gasteiger partial charge in [-0.05, 0) is 30.3 Å². The number of ether oxygens (including phenoxy) is 1. The number of hydrogen-bond donors (Lipinski definition) is 0. The molecule has 2 aromatic carbocycles. The van der Waals surface area contributed by atoms with Crippen molar-refractivity contribution in [1.29, 1.82) is 0 Å². The SMILES string of the molecule is O=C(/C=C/c1c(Cl)cccc1Cl)OCc1nc2ccccc2o1. The van der Waals surface area contributed by atoms with E-state index in [1.54, 1.807) is 24.3 Å². The minimum atomic E-state index is -0.539. The van der Waals surface area contributed by atoms with Crippen LogP contribution in [-0.4, -0.2) is 11.0 Å². The van der Waals surface area contributed by atoms with E-state index in [2.05, 4.69) is 4.98 Å². The molecule has 0 fully saturated rings. The van der Waals surface area contributed by atoms with Crippen LogP contribution >= 0.6 is 23.2 Å². The molecule has 0 spiro atoms. The van der Waals surface area contributed by atoms with Crippen LogP contribution in [0, 0.1) is 0 Å². The van der Waals surface area contributed by atoms with E-state index in [4.69, 9.17) is 32.4 Å². The monoisotopic (exact) mass is 347 g/mol. The number of para-hydroxylation sites is 2. The highest BCUT2D eigenvalue weighted by Gasteiger charge is 2.08. The number of rotatable bonds is 4. The Kier molecular flexibility index (Phi) is 4.65. The Morgan fingerprint density at radius 2 is 1.87 bits per heavy atom. The lowest BCUT2D eigenvalue weighted by molar-refractivity contribution is -0.139. The Labute approximate surface area is 142 Å². The molecule has 0 radical (unpaired) electrons. The summed E-state index contributed by atoms with van der Waals surface area (Å²) < 4.78 is 10.6. The first kappa shape index (κ1) is 15.6. The zero-order valence-corrected chi connectivity index (χ0v) is 13.3. The lowest BCUT2D eigenvalue weighted by Crippen LogP contribution is -2.00. The summed E-state index contributed by atoms with van der Waals surface area (Å²) in [5.74, 6) is -0.202. The molecule has 0 amide bonds. The molecule has 0 bridgehead atoms. The number of halogens is 2. The molecule has 0 saturated carbocycles. The predicted molar refractivity (Wildman–Crippen MR) is 89.3 cm³/mol. The number of oxazole rings is 1. The van der Waals surface area contributed by atoms with E-state index < -0.39 is 5.97 Å². The Hall–Kier alpha value is -2.30. The number of carbonyl (C=O) groups is 1. The second kappa shape index (κ2) is 6.86. The van der Waals surface area contributed by atoms with Gasteiger partial charge in [-0.2, -0.15) is 0 Å². The lowest BCUT2D eigenvalue weighted by atomic mass is 10.2. The summed E-state index contributed by atoms with van der Waals surface area (Å²) in [5.41, 5.74) is 1.93. The van der Waals surface area contributed by atoms with Gasteiger partial charge in [-0.15, -0.1) is 0 Å². The molecule has 0 N–H and O–H groups in total. The van der Waals surface area contributed by atoms with Gasteiger partial charge < -0.3 is 9.15 Å². The first-order chi connectivity index (χ1) is 11.1. The average Bonchev–Trinajstić information content (AvgIpc) is 2.95. The lowest BCUT2D eigenvalue weighted by Gasteiger charge is -2.01. The van der Waals surface area contributed by atoms with Crippen LogP contribution in [0.15, 0.2) is 53.0 Å². The fraction of sp³-hybridized carbons (Fsp3) is 0.0588. The Morgan fingerprint density at radius 1 is 1.13 bits per heavy atom. The molecule has 0 aliphatic heterocycles. The molecule has 1 aromatic heterocycles. The van der Waals surface area contributed by atoms with Crippen LogP contribution in [0.4, 0.5) is 0 Å². The van der Waals surface area contributed by atoms with E-state index in [0.29, 0.717) is 27.1 Å². The van der Waals surface area contributed by atoms with Crippen LogP contribution in [0.3, 0.4) is 0 Å². The van der Waals surface area contributed by atoms with Crippen molar-refractivity contribution in [2.75, 3.05) is 0 Å². The Morgan fingerprint density at radius 3 is 2.61 bits per heavy atom. The third-order valence-corrected chi connectivity index (χ3v) is 3.72. The van der Waals surface area contributed by atoms with Crippen molar-refractivity contribution in [3.8, 4) is 0 Å². The van der Waals surface area contributed by atoms with Crippen LogP contribution in [0.2, 0.25) is 10.0 Å². The average molecular weight is 348 g/mol. The molecule has 3 aromatic rings. The van der Waals surface area contributed by atoms with Gasteiger partial charge in [-0.3, -0.25) is 0 Å². The van der Waals surface area contributed by atoms with Crippen LogP contribution in [-0.2, 0) is 16.1 Å². The van der Waals surface area contributed by atoms with Crippen LogP contribution < -0.4 is 0 Å². The number of carbonyl (C=O) groups excluding carboxylic acids is 1. The number of fused-ring (bicyclic) bond motifs is 1. The molecule has 3 rings (SSSR count). The molecule has 0 aliphatic rings. The molecule has 0 atom stereocenters. The predicted octanol–water partition coefficient (Wildman–Crippen LogP) is 4.89. The van der Waals surface area contributed by atoms with Crippen LogP contribution in [0.25, 0.3) is 17.2 Å². The molecule has 1 heterocycles.